The van der Waals surface area contributed by atoms with E-state index in [2.05, 4.69) is 25.9 Å². The van der Waals surface area contributed by atoms with Gasteiger partial charge in [0.15, 0.2) is 0 Å². The summed E-state index contributed by atoms with van der Waals surface area (Å²) < 4.78 is 24.5. The summed E-state index contributed by atoms with van der Waals surface area (Å²) in [6.07, 6.45) is 5.48. The van der Waals surface area contributed by atoms with E-state index in [1.54, 1.807) is 0 Å². The largest absolute Gasteiger partial charge is 0.327 e. The van der Waals surface area contributed by atoms with E-state index in [9.17, 15) is 8.42 Å². The van der Waals surface area contributed by atoms with Crippen LogP contribution in [0.3, 0.4) is 0 Å². The Labute approximate surface area is 128 Å². The maximum absolute atomic E-state index is 11.2. The highest BCUT2D eigenvalue weighted by Crippen LogP contribution is 2.19. The second-order valence-electron chi connectivity index (χ2n) is 5.66. The van der Waals surface area contributed by atoms with Gasteiger partial charge in [-0.25, -0.2) is 8.42 Å². The number of rotatable bonds is 9. The number of aryl methyl sites for hydroxylation is 2. The molecule has 0 fully saturated rings. The quantitative estimate of drug-likeness (QED) is 0.752. The Hall–Kier alpha value is -0.880. The first-order valence-electron chi connectivity index (χ1n) is 7.83. The van der Waals surface area contributed by atoms with Crippen molar-refractivity contribution in [2.45, 2.75) is 65.5 Å². The summed E-state index contributed by atoms with van der Waals surface area (Å²) in [5, 5.41) is 4.67. The second-order valence-corrected chi connectivity index (χ2v) is 7.92. The minimum absolute atomic E-state index is 0.161. The predicted octanol–water partition coefficient (Wildman–Crippen LogP) is 1.72. The highest BCUT2D eigenvalue weighted by molar-refractivity contribution is 7.90. The van der Waals surface area contributed by atoms with Gasteiger partial charge in [-0.15, -0.1) is 0 Å². The SMILES string of the molecule is CCc1nn(CCCS(C)(=O)=O)c(CC)c1CC(N)CC. The molecule has 2 N–H and O–H groups in total. The third-order valence-electron chi connectivity index (χ3n) is 3.80. The van der Waals surface area contributed by atoms with Gasteiger partial charge < -0.3 is 5.73 Å². The van der Waals surface area contributed by atoms with Gasteiger partial charge in [0.2, 0.25) is 0 Å². The average molecular weight is 315 g/mol. The van der Waals surface area contributed by atoms with Crippen molar-refractivity contribution < 1.29 is 8.42 Å². The summed E-state index contributed by atoms with van der Waals surface area (Å²) in [5.74, 6) is 0.210. The van der Waals surface area contributed by atoms with Crippen LogP contribution in [0.5, 0.6) is 0 Å². The Morgan fingerprint density at radius 3 is 2.38 bits per heavy atom. The second kappa shape index (κ2) is 7.94. The Balaban J connectivity index is 2.94. The standard InChI is InChI=1S/C15H29N3O2S/c1-5-12(16)11-13-14(6-2)17-18(15(13)7-3)9-8-10-21(4,19)20/h12H,5-11,16H2,1-4H3. The highest BCUT2D eigenvalue weighted by atomic mass is 32.2. The Morgan fingerprint density at radius 2 is 1.90 bits per heavy atom. The lowest BCUT2D eigenvalue weighted by Gasteiger charge is -2.11. The fourth-order valence-electron chi connectivity index (χ4n) is 2.57. The normalized spacial score (nSPS) is 13.6. The number of nitrogens with two attached hydrogens (primary N) is 1. The van der Waals surface area contributed by atoms with E-state index in [4.69, 9.17) is 5.73 Å². The number of hydrogen-bond donors (Lipinski definition) is 1. The first kappa shape index (κ1) is 18.2. The minimum Gasteiger partial charge on any atom is -0.327 e. The predicted molar refractivity (Wildman–Crippen MR) is 87.3 cm³/mol. The molecule has 0 saturated heterocycles. The van der Waals surface area contributed by atoms with Crippen LogP contribution in [-0.2, 0) is 35.6 Å². The average Bonchev–Trinajstić information content (AvgIpc) is 2.74. The number of nitrogens with zero attached hydrogens (tertiary/aromatic N) is 2. The van der Waals surface area contributed by atoms with Crippen LogP contribution in [0.2, 0.25) is 0 Å². The van der Waals surface area contributed by atoms with Crippen molar-refractivity contribution in [2.75, 3.05) is 12.0 Å². The van der Waals surface area contributed by atoms with Crippen molar-refractivity contribution in [1.29, 1.82) is 0 Å². The molecule has 0 amide bonds. The molecule has 1 atom stereocenters. The van der Waals surface area contributed by atoms with E-state index in [0.717, 1.165) is 31.4 Å². The molecule has 1 aromatic heterocycles. The van der Waals surface area contributed by atoms with E-state index in [1.807, 2.05) is 4.68 Å². The van der Waals surface area contributed by atoms with Crippen LogP contribution in [-0.4, -0.2) is 36.2 Å². The van der Waals surface area contributed by atoms with Crippen LogP contribution in [0.25, 0.3) is 0 Å². The molecule has 1 aromatic rings. The zero-order valence-electron chi connectivity index (χ0n) is 13.7. The van der Waals surface area contributed by atoms with Gasteiger partial charge in [-0.1, -0.05) is 20.8 Å². The van der Waals surface area contributed by atoms with E-state index < -0.39 is 9.84 Å². The molecule has 0 aromatic carbocycles. The van der Waals surface area contributed by atoms with Gasteiger partial charge in [0, 0.05) is 24.5 Å². The van der Waals surface area contributed by atoms with Gasteiger partial charge in [0.1, 0.15) is 9.84 Å². The zero-order valence-corrected chi connectivity index (χ0v) is 14.5. The van der Waals surface area contributed by atoms with Crippen LogP contribution in [0, 0.1) is 0 Å². The van der Waals surface area contributed by atoms with E-state index in [1.165, 1.54) is 17.5 Å². The van der Waals surface area contributed by atoms with Gasteiger partial charge >= 0.3 is 0 Å². The molecule has 0 aliphatic rings. The Bertz CT molecular complexity index is 550. The van der Waals surface area contributed by atoms with Gasteiger partial charge in [0.25, 0.3) is 0 Å². The molecule has 0 radical (unpaired) electrons. The molecule has 0 spiro atoms. The molecule has 21 heavy (non-hydrogen) atoms. The van der Waals surface area contributed by atoms with Crippen LogP contribution in [0.4, 0.5) is 0 Å². The molecule has 1 rings (SSSR count). The summed E-state index contributed by atoms with van der Waals surface area (Å²) in [4.78, 5) is 0. The number of hydrogen-bond acceptors (Lipinski definition) is 4. The maximum atomic E-state index is 11.2. The van der Waals surface area contributed by atoms with Crippen molar-refractivity contribution in [1.82, 2.24) is 9.78 Å². The van der Waals surface area contributed by atoms with Crippen molar-refractivity contribution in [2.24, 2.45) is 5.73 Å². The molecule has 122 valence electrons. The van der Waals surface area contributed by atoms with Crippen LogP contribution < -0.4 is 5.73 Å². The van der Waals surface area contributed by atoms with E-state index >= 15 is 0 Å². The smallest absolute Gasteiger partial charge is 0.147 e. The maximum Gasteiger partial charge on any atom is 0.147 e. The molecule has 1 heterocycles. The lowest BCUT2D eigenvalue weighted by atomic mass is 10.00. The fraction of sp³-hybridized carbons (Fsp3) is 0.800. The van der Waals surface area contributed by atoms with Gasteiger partial charge in [-0.3, -0.25) is 4.68 Å². The summed E-state index contributed by atoms with van der Waals surface area (Å²) in [7, 11) is -2.91. The van der Waals surface area contributed by atoms with E-state index in [-0.39, 0.29) is 11.8 Å². The van der Waals surface area contributed by atoms with Crippen molar-refractivity contribution in [3.63, 3.8) is 0 Å². The summed E-state index contributed by atoms with van der Waals surface area (Å²) in [6, 6.07) is 0.161. The number of aromatic nitrogens is 2. The lowest BCUT2D eigenvalue weighted by molar-refractivity contribution is 0.557. The molecule has 0 aliphatic carbocycles. The zero-order chi connectivity index (χ0) is 16.0. The molecule has 5 nitrogen and oxygen atoms in total. The molecule has 0 saturated carbocycles. The molecule has 0 bridgehead atoms. The lowest BCUT2D eigenvalue weighted by Crippen LogP contribution is -2.22. The molecule has 0 aliphatic heterocycles. The van der Waals surface area contributed by atoms with Gasteiger partial charge in [-0.05, 0) is 37.7 Å². The van der Waals surface area contributed by atoms with Crippen molar-refractivity contribution >= 4 is 9.84 Å². The third kappa shape index (κ3) is 5.43. The minimum atomic E-state index is -2.91. The monoisotopic (exact) mass is 315 g/mol. The van der Waals surface area contributed by atoms with Crippen LogP contribution in [0.15, 0.2) is 0 Å². The first-order chi connectivity index (χ1) is 9.82. The number of sulfone groups is 1. The molecule has 6 heteroatoms. The van der Waals surface area contributed by atoms with Gasteiger partial charge in [0.05, 0.1) is 11.4 Å². The van der Waals surface area contributed by atoms with Crippen LogP contribution in [0.1, 0.15) is 50.6 Å². The fourth-order valence-corrected chi connectivity index (χ4v) is 3.23. The summed E-state index contributed by atoms with van der Waals surface area (Å²) >= 11 is 0. The van der Waals surface area contributed by atoms with E-state index in [0.29, 0.717) is 13.0 Å². The first-order valence-corrected chi connectivity index (χ1v) is 9.89. The molecule has 1 unspecified atom stereocenters. The Morgan fingerprint density at radius 1 is 1.24 bits per heavy atom. The van der Waals surface area contributed by atoms with Gasteiger partial charge in [-0.2, -0.15) is 5.10 Å². The Kier molecular flexibility index (Phi) is 6.87. The molecular formula is C15H29N3O2S. The topological polar surface area (TPSA) is 78.0 Å². The van der Waals surface area contributed by atoms with Crippen molar-refractivity contribution in [3.8, 4) is 0 Å². The molecular weight excluding hydrogens is 286 g/mol. The summed E-state index contributed by atoms with van der Waals surface area (Å²) in [6.45, 7) is 6.97. The van der Waals surface area contributed by atoms with Crippen LogP contribution >= 0.6 is 0 Å². The highest BCUT2D eigenvalue weighted by Gasteiger charge is 2.17. The summed E-state index contributed by atoms with van der Waals surface area (Å²) in [5.41, 5.74) is 9.69. The third-order valence-corrected chi connectivity index (χ3v) is 4.83. The van der Waals surface area contributed by atoms with Crippen molar-refractivity contribution in [3.05, 3.63) is 17.0 Å².